The monoisotopic (exact) mass is 482 g/mol. The molecule has 2 aliphatic carbocycles. The number of ether oxygens (including phenoxy) is 1. The highest BCUT2D eigenvalue weighted by molar-refractivity contribution is 9.09. The van der Waals surface area contributed by atoms with Crippen LogP contribution in [0.25, 0.3) is 0 Å². The Morgan fingerprint density at radius 2 is 1.81 bits per heavy atom. The maximum atomic E-state index is 13.2. The summed E-state index contributed by atoms with van der Waals surface area (Å²) < 4.78 is 5.50. The molecule has 1 heterocycles. The molecule has 0 aromatic heterocycles. The Morgan fingerprint density at radius 3 is 2.58 bits per heavy atom. The molecule has 2 saturated carbocycles. The smallest absolute Gasteiger partial charge is 0.310 e. The van der Waals surface area contributed by atoms with Crippen molar-refractivity contribution in [3.8, 4) is 0 Å². The van der Waals surface area contributed by atoms with E-state index >= 15 is 0 Å². The van der Waals surface area contributed by atoms with Gasteiger partial charge in [0, 0.05) is 11.6 Å². The highest BCUT2D eigenvalue weighted by Gasteiger charge is 2.67. The van der Waals surface area contributed by atoms with Crippen molar-refractivity contribution in [3.05, 3.63) is 59.2 Å². The van der Waals surface area contributed by atoms with Gasteiger partial charge in [-0.2, -0.15) is 0 Å². The van der Waals surface area contributed by atoms with Crippen LogP contribution in [0.4, 0.5) is 11.4 Å². The number of aryl methyl sites for hydroxylation is 2. The van der Waals surface area contributed by atoms with Crippen LogP contribution in [0.1, 0.15) is 27.9 Å². The maximum absolute atomic E-state index is 13.2. The molecular formula is C24H23BrN2O4. The van der Waals surface area contributed by atoms with Gasteiger partial charge in [0.2, 0.25) is 5.91 Å². The van der Waals surface area contributed by atoms with Crippen LogP contribution < -0.4 is 10.6 Å². The molecule has 6 nitrogen and oxygen atoms in total. The molecule has 160 valence electrons. The van der Waals surface area contributed by atoms with E-state index in [1.54, 1.807) is 24.3 Å². The van der Waals surface area contributed by atoms with E-state index in [4.69, 9.17) is 4.74 Å². The summed E-state index contributed by atoms with van der Waals surface area (Å²) >= 11 is 3.63. The molecule has 3 aliphatic rings. The van der Waals surface area contributed by atoms with E-state index in [9.17, 15) is 14.4 Å². The van der Waals surface area contributed by atoms with E-state index in [0.717, 1.165) is 17.5 Å². The number of nitrogens with one attached hydrogen (secondary N) is 2. The second kappa shape index (κ2) is 7.48. The lowest BCUT2D eigenvalue weighted by atomic mass is 9.79. The molecule has 31 heavy (non-hydrogen) atoms. The van der Waals surface area contributed by atoms with Crippen LogP contribution in [-0.2, 0) is 14.3 Å². The molecule has 2 bridgehead atoms. The van der Waals surface area contributed by atoms with E-state index in [-0.39, 0.29) is 46.5 Å². The van der Waals surface area contributed by atoms with Gasteiger partial charge in [0.15, 0.2) is 0 Å². The van der Waals surface area contributed by atoms with Gasteiger partial charge in [-0.25, -0.2) is 0 Å². The van der Waals surface area contributed by atoms with Crippen LogP contribution in [0.15, 0.2) is 42.5 Å². The van der Waals surface area contributed by atoms with Gasteiger partial charge in [0.25, 0.3) is 5.91 Å². The summed E-state index contributed by atoms with van der Waals surface area (Å²) in [5.41, 5.74) is 3.74. The minimum Gasteiger partial charge on any atom is -0.461 e. The van der Waals surface area contributed by atoms with Crippen LogP contribution in [0.3, 0.4) is 0 Å². The van der Waals surface area contributed by atoms with E-state index in [2.05, 4.69) is 26.6 Å². The highest BCUT2D eigenvalue weighted by atomic mass is 79.9. The first kappa shape index (κ1) is 20.2. The fourth-order valence-electron chi connectivity index (χ4n) is 5.35. The van der Waals surface area contributed by atoms with Crippen LogP contribution in [0.2, 0.25) is 0 Å². The second-order valence-electron chi connectivity index (χ2n) is 8.75. The summed E-state index contributed by atoms with van der Waals surface area (Å²) in [4.78, 5) is 38.5. The van der Waals surface area contributed by atoms with Crippen molar-refractivity contribution in [2.24, 2.45) is 23.7 Å². The van der Waals surface area contributed by atoms with Gasteiger partial charge in [-0.05, 0) is 61.6 Å². The van der Waals surface area contributed by atoms with Crippen molar-refractivity contribution in [2.45, 2.75) is 31.2 Å². The first-order chi connectivity index (χ1) is 14.8. The number of benzene rings is 2. The molecule has 0 radical (unpaired) electrons. The minimum absolute atomic E-state index is 0.000677. The first-order valence-corrected chi connectivity index (χ1v) is 11.4. The number of alkyl halides is 1. The molecule has 7 heteroatoms. The van der Waals surface area contributed by atoms with Crippen LogP contribution in [0.5, 0.6) is 0 Å². The number of hydrogen-bond acceptors (Lipinski definition) is 4. The maximum Gasteiger partial charge on any atom is 0.310 e. The molecule has 3 fully saturated rings. The molecule has 2 aromatic rings. The summed E-state index contributed by atoms with van der Waals surface area (Å²) in [6.07, 6.45) is 0.687. The number of rotatable bonds is 4. The standard InChI is InChI=1S/C24H23BrN2O4/c1-11-7-8-13(9-12(11)2)26-22(28)14-5-3-4-6-17(14)27-23(29)18-15-10-16-19(18)24(30)31-21(16)20(15)25/h3-9,15-16,18-21H,10H2,1-2H3,(H,26,28)(H,27,29)/t15-,16-,18-,19+,20-,21+/m1/s1. The summed E-state index contributed by atoms with van der Waals surface area (Å²) in [6, 6.07) is 12.7. The van der Waals surface area contributed by atoms with Gasteiger partial charge in [0.1, 0.15) is 6.10 Å². The summed E-state index contributed by atoms with van der Waals surface area (Å²) in [6.45, 7) is 4.01. The van der Waals surface area contributed by atoms with Gasteiger partial charge < -0.3 is 15.4 Å². The van der Waals surface area contributed by atoms with E-state index in [1.807, 2.05) is 32.0 Å². The van der Waals surface area contributed by atoms with Gasteiger partial charge in [-0.1, -0.05) is 34.1 Å². The van der Waals surface area contributed by atoms with Crippen LogP contribution >= 0.6 is 15.9 Å². The number of hydrogen-bond donors (Lipinski definition) is 2. The predicted molar refractivity (Wildman–Crippen MR) is 120 cm³/mol. The molecule has 0 spiro atoms. The largest absolute Gasteiger partial charge is 0.461 e. The van der Waals surface area contributed by atoms with Crippen LogP contribution in [-0.4, -0.2) is 28.7 Å². The third-order valence-corrected chi connectivity index (χ3v) is 8.22. The number of carbonyl (C=O) groups excluding carboxylic acids is 3. The molecule has 5 rings (SSSR count). The Kier molecular flexibility index (Phi) is 4.88. The van der Waals surface area contributed by atoms with E-state index in [0.29, 0.717) is 16.9 Å². The third-order valence-electron chi connectivity index (χ3n) is 7.02. The Morgan fingerprint density at radius 1 is 1.03 bits per heavy atom. The number of anilines is 2. The van der Waals surface area contributed by atoms with Crippen LogP contribution in [0, 0.1) is 37.5 Å². The fraction of sp³-hybridized carbons (Fsp3) is 0.375. The molecule has 2 aromatic carbocycles. The van der Waals surface area contributed by atoms with Crippen molar-refractivity contribution < 1.29 is 19.1 Å². The number of carbonyl (C=O) groups is 3. The average Bonchev–Trinajstić information content (AvgIpc) is 3.35. The average molecular weight is 483 g/mol. The molecular weight excluding hydrogens is 460 g/mol. The number of para-hydroxylation sites is 1. The first-order valence-electron chi connectivity index (χ1n) is 10.5. The third kappa shape index (κ3) is 3.26. The summed E-state index contributed by atoms with van der Waals surface area (Å²) in [7, 11) is 0. The van der Waals surface area contributed by atoms with Gasteiger partial charge in [-0.3, -0.25) is 14.4 Å². The number of fused-ring (bicyclic) bond motifs is 1. The molecule has 2 amide bonds. The molecule has 6 atom stereocenters. The summed E-state index contributed by atoms with van der Waals surface area (Å²) in [5, 5.41) is 5.83. The van der Waals surface area contributed by atoms with Crippen molar-refractivity contribution in [1.82, 2.24) is 0 Å². The normalized spacial score (nSPS) is 30.2. The molecule has 0 unspecified atom stereocenters. The Labute approximate surface area is 188 Å². The zero-order valence-corrected chi connectivity index (χ0v) is 18.8. The lowest BCUT2D eigenvalue weighted by Crippen LogP contribution is -2.40. The fourth-order valence-corrected chi connectivity index (χ4v) is 6.40. The lowest BCUT2D eigenvalue weighted by molar-refractivity contribution is -0.145. The topological polar surface area (TPSA) is 84.5 Å². The van der Waals surface area contributed by atoms with Gasteiger partial charge in [0.05, 0.1) is 27.9 Å². The highest BCUT2D eigenvalue weighted by Crippen LogP contribution is 2.60. The molecule has 1 saturated heterocycles. The molecule has 2 N–H and O–H groups in total. The van der Waals surface area contributed by atoms with Gasteiger partial charge >= 0.3 is 5.97 Å². The number of esters is 1. The molecule has 1 aliphatic heterocycles. The number of halogens is 1. The zero-order chi connectivity index (χ0) is 21.9. The lowest BCUT2D eigenvalue weighted by Gasteiger charge is -2.27. The minimum atomic E-state index is -0.448. The SMILES string of the molecule is Cc1ccc(NC(=O)c2ccccc2NC(=O)[C@@H]2[C@H]3C[C@H]4[C@H](OC(=O)[C@@H]42)[C@@H]3Br)cc1C. The quantitative estimate of drug-likeness (QED) is 0.508. The van der Waals surface area contributed by atoms with Crippen molar-refractivity contribution in [3.63, 3.8) is 0 Å². The van der Waals surface area contributed by atoms with E-state index < -0.39 is 5.92 Å². The summed E-state index contributed by atoms with van der Waals surface area (Å²) in [5.74, 6) is -1.49. The van der Waals surface area contributed by atoms with Crippen molar-refractivity contribution in [2.75, 3.05) is 10.6 Å². The van der Waals surface area contributed by atoms with Gasteiger partial charge in [-0.15, -0.1) is 0 Å². The second-order valence-corrected chi connectivity index (χ2v) is 9.81. The van der Waals surface area contributed by atoms with E-state index in [1.165, 1.54) is 0 Å². The Balaban J connectivity index is 1.36. The zero-order valence-electron chi connectivity index (χ0n) is 17.2. The Hall–Kier alpha value is -2.67. The van der Waals surface area contributed by atoms with Crippen molar-refractivity contribution in [1.29, 1.82) is 0 Å². The predicted octanol–water partition coefficient (Wildman–Crippen LogP) is 4.07. The number of amides is 2. The van der Waals surface area contributed by atoms with Crippen molar-refractivity contribution >= 4 is 45.1 Å². The Bertz CT molecular complexity index is 1100.